The van der Waals surface area contributed by atoms with Gasteiger partial charge in [-0.2, -0.15) is 15.3 Å². The highest BCUT2D eigenvalue weighted by molar-refractivity contribution is 5.81. The summed E-state index contributed by atoms with van der Waals surface area (Å²) in [7, 11) is 0. The van der Waals surface area contributed by atoms with Gasteiger partial charge in [0.05, 0.1) is 6.54 Å². The molecule has 1 N–H and O–H groups in total. The molecule has 0 spiro atoms. The van der Waals surface area contributed by atoms with E-state index in [1.54, 1.807) is 26.2 Å². The lowest BCUT2D eigenvalue weighted by Gasteiger charge is -2.13. The smallest absolute Gasteiger partial charge is 0.291 e. The highest BCUT2D eigenvalue weighted by Gasteiger charge is 2.19. The van der Waals surface area contributed by atoms with Crippen LogP contribution in [-0.4, -0.2) is 49.5 Å². The summed E-state index contributed by atoms with van der Waals surface area (Å²) in [6.45, 7) is 5.23. The summed E-state index contributed by atoms with van der Waals surface area (Å²) in [6, 6.07) is 9.82. The van der Waals surface area contributed by atoms with Crippen LogP contribution in [0.4, 0.5) is 0 Å². The minimum atomic E-state index is -0.153. The highest BCUT2D eigenvalue weighted by atomic mass is 16.2. The fourth-order valence-electron chi connectivity index (χ4n) is 4.28. The Bertz CT molecular complexity index is 1480. The zero-order valence-electron chi connectivity index (χ0n) is 19.7. The number of aryl methyl sites for hydroxylation is 2. The Hall–Kier alpha value is -4.41. The first kappa shape index (κ1) is 22.4. The lowest BCUT2D eigenvalue weighted by Crippen LogP contribution is -2.27. The topological polar surface area (TPSA) is 125 Å². The maximum Gasteiger partial charge on any atom is 0.335 e. The number of benzene rings is 1. The summed E-state index contributed by atoms with van der Waals surface area (Å²) in [6.07, 6.45) is 9.49. The first-order chi connectivity index (χ1) is 17.2. The number of pyridine rings is 1. The number of aromatic amines is 1. The van der Waals surface area contributed by atoms with Crippen LogP contribution in [0.3, 0.4) is 0 Å². The van der Waals surface area contributed by atoms with E-state index < -0.39 is 0 Å². The Kier molecular flexibility index (Phi) is 6.29. The molecular formula is C24H26N10O. The number of tetrazole rings is 1. The standard InChI is InChI=1S/C24H26N10O/c1-3-7-18-15-33(23-26-16-27-34(23)12-4-2)24(35)32(18)14-17-13-25-11-10-19(17)20-8-5-6-9-21(20)22-28-30-31-29-22/h5-6,8-11,13,15-16H,3-4,7,12,14H2,1-2H3,(H,28,29,30,31). The second-order valence-corrected chi connectivity index (χ2v) is 8.21. The summed E-state index contributed by atoms with van der Waals surface area (Å²) >= 11 is 0. The van der Waals surface area contributed by atoms with Crippen LogP contribution in [0.1, 0.15) is 37.9 Å². The molecule has 11 nitrogen and oxygen atoms in total. The van der Waals surface area contributed by atoms with Crippen LogP contribution in [0.5, 0.6) is 0 Å². The van der Waals surface area contributed by atoms with Crippen molar-refractivity contribution >= 4 is 0 Å². The molecule has 0 aliphatic heterocycles. The molecule has 0 unspecified atom stereocenters. The average molecular weight is 471 g/mol. The van der Waals surface area contributed by atoms with E-state index in [1.165, 1.54) is 6.33 Å². The predicted molar refractivity (Wildman–Crippen MR) is 130 cm³/mol. The summed E-state index contributed by atoms with van der Waals surface area (Å²) in [5.41, 5.74) is 4.44. The molecule has 0 bridgehead atoms. The van der Waals surface area contributed by atoms with Crippen molar-refractivity contribution in [3.05, 3.63) is 77.0 Å². The maximum atomic E-state index is 13.6. The van der Waals surface area contributed by atoms with Gasteiger partial charge >= 0.3 is 5.69 Å². The average Bonchev–Trinajstić information content (AvgIpc) is 3.63. The highest BCUT2D eigenvalue weighted by Crippen LogP contribution is 2.32. The lowest BCUT2D eigenvalue weighted by molar-refractivity contribution is 0.578. The van der Waals surface area contributed by atoms with Crippen molar-refractivity contribution in [3.8, 4) is 28.5 Å². The van der Waals surface area contributed by atoms with Crippen LogP contribution < -0.4 is 5.69 Å². The van der Waals surface area contributed by atoms with Crippen molar-refractivity contribution in [1.29, 1.82) is 0 Å². The molecule has 0 aliphatic carbocycles. The Balaban J connectivity index is 1.60. The summed E-state index contributed by atoms with van der Waals surface area (Å²) in [5.74, 6) is 1.04. The summed E-state index contributed by atoms with van der Waals surface area (Å²) in [5, 5.41) is 18.8. The van der Waals surface area contributed by atoms with Gasteiger partial charge in [-0.15, -0.1) is 10.2 Å². The van der Waals surface area contributed by atoms with Crippen molar-refractivity contribution < 1.29 is 0 Å². The molecule has 0 atom stereocenters. The normalized spacial score (nSPS) is 11.3. The minimum absolute atomic E-state index is 0.153. The van der Waals surface area contributed by atoms with Crippen molar-refractivity contribution in [2.45, 2.75) is 46.2 Å². The van der Waals surface area contributed by atoms with Crippen molar-refractivity contribution in [2.24, 2.45) is 0 Å². The van der Waals surface area contributed by atoms with E-state index in [-0.39, 0.29) is 5.69 Å². The Morgan fingerprint density at radius 2 is 1.89 bits per heavy atom. The SMILES string of the molecule is CCCc1cn(-c2ncnn2CCC)c(=O)n1Cc1cnccc1-c1ccccc1-c1nn[nH]n1. The van der Waals surface area contributed by atoms with Crippen molar-refractivity contribution in [2.75, 3.05) is 0 Å². The van der Waals surface area contributed by atoms with E-state index in [0.717, 1.165) is 47.2 Å². The molecule has 0 aliphatic rings. The van der Waals surface area contributed by atoms with Crippen LogP contribution in [0.25, 0.3) is 28.5 Å². The Labute approximate surface area is 201 Å². The molecule has 1 aromatic carbocycles. The molecule has 5 aromatic rings. The number of H-pyrrole nitrogens is 1. The van der Waals surface area contributed by atoms with Crippen molar-refractivity contribution in [3.63, 3.8) is 0 Å². The van der Waals surface area contributed by atoms with Gasteiger partial charge in [-0.25, -0.2) is 14.0 Å². The molecule has 0 fully saturated rings. The third-order valence-electron chi connectivity index (χ3n) is 5.85. The zero-order valence-corrected chi connectivity index (χ0v) is 19.7. The predicted octanol–water partition coefficient (Wildman–Crippen LogP) is 2.88. The second-order valence-electron chi connectivity index (χ2n) is 8.21. The quantitative estimate of drug-likeness (QED) is 0.351. The largest absolute Gasteiger partial charge is 0.335 e. The summed E-state index contributed by atoms with van der Waals surface area (Å²) in [4.78, 5) is 22.3. The van der Waals surface area contributed by atoms with Gasteiger partial charge < -0.3 is 0 Å². The van der Waals surface area contributed by atoms with Gasteiger partial charge in [0.1, 0.15) is 6.33 Å². The Morgan fingerprint density at radius 1 is 1.03 bits per heavy atom. The van der Waals surface area contributed by atoms with E-state index in [1.807, 2.05) is 36.5 Å². The third kappa shape index (κ3) is 4.27. The van der Waals surface area contributed by atoms with Gasteiger partial charge in [-0.3, -0.25) is 9.55 Å². The number of hydrogen-bond donors (Lipinski definition) is 1. The fraction of sp³-hybridized carbons (Fsp3) is 0.292. The molecule has 35 heavy (non-hydrogen) atoms. The van der Waals surface area contributed by atoms with Crippen molar-refractivity contribution in [1.82, 2.24) is 49.5 Å². The van der Waals surface area contributed by atoms with Gasteiger partial charge in [0.25, 0.3) is 0 Å². The van der Waals surface area contributed by atoms with E-state index >= 15 is 0 Å². The van der Waals surface area contributed by atoms with E-state index in [4.69, 9.17) is 0 Å². The lowest BCUT2D eigenvalue weighted by atomic mass is 9.96. The number of hydrogen-bond acceptors (Lipinski definition) is 7. The molecule has 0 radical (unpaired) electrons. The van der Waals surface area contributed by atoms with Gasteiger partial charge in [0.15, 0.2) is 0 Å². The van der Waals surface area contributed by atoms with Crippen LogP contribution in [0.15, 0.2) is 60.0 Å². The van der Waals surface area contributed by atoms with Gasteiger partial charge in [-0.05, 0) is 40.8 Å². The minimum Gasteiger partial charge on any atom is -0.291 e. The molecule has 0 amide bonds. The molecule has 11 heteroatoms. The number of nitrogens with zero attached hydrogens (tertiary/aromatic N) is 9. The monoisotopic (exact) mass is 470 g/mol. The first-order valence-electron chi connectivity index (χ1n) is 11.7. The molecule has 0 saturated heterocycles. The molecule has 4 heterocycles. The zero-order chi connectivity index (χ0) is 24.2. The number of imidazole rings is 1. The van der Waals surface area contributed by atoms with Crippen LogP contribution in [0.2, 0.25) is 0 Å². The molecule has 4 aromatic heterocycles. The van der Waals surface area contributed by atoms with Crippen LogP contribution in [-0.2, 0) is 19.5 Å². The van der Waals surface area contributed by atoms with Crippen LogP contribution >= 0.6 is 0 Å². The van der Waals surface area contributed by atoms with E-state index in [2.05, 4.69) is 49.5 Å². The molecular weight excluding hydrogens is 444 g/mol. The first-order valence-corrected chi connectivity index (χ1v) is 11.7. The number of rotatable bonds is 9. The van der Waals surface area contributed by atoms with Gasteiger partial charge in [0.2, 0.25) is 11.8 Å². The summed E-state index contributed by atoms with van der Waals surface area (Å²) < 4.78 is 5.15. The van der Waals surface area contributed by atoms with E-state index in [9.17, 15) is 4.79 Å². The number of nitrogens with one attached hydrogen (secondary N) is 1. The van der Waals surface area contributed by atoms with E-state index in [0.29, 0.717) is 24.9 Å². The van der Waals surface area contributed by atoms with Gasteiger partial charge in [0, 0.05) is 36.4 Å². The third-order valence-corrected chi connectivity index (χ3v) is 5.85. The fourth-order valence-corrected chi connectivity index (χ4v) is 4.28. The molecule has 178 valence electrons. The van der Waals surface area contributed by atoms with Crippen LogP contribution in [0, 0.1) is 0 Å². The Morgan fingerprint density at radius 3 is 2.66 bits per heavy atom. The van der Waals surface area contributed by atoms with Gasteiger partial charge in [-0.1, -0.05) is 44.5 Å². The maximum absolute atomic E-state index is 13.6. The number of aromatic nitrogens is 10. The second kappa shape index (κ2) is 9.84. The molecule has 5 rings (SSSR count). The molecule has 0 saturated carbocycles.